The smallest absolute Gasteiger partial charge is 0.146 e. The van der Waals surface area contributed by atoms with Crippen LogP contribution in [0.1, 0.15) is 25.8 Å². The molecule has 0 bridgehead atoms. The third kappa shape index (κ3) is 2.01. The van der Waals surface area contributed by atoms with Gasteiger partial charge in [0.05, 0.1) is 5.56 Å². The van der Waals surface area contributed by atoms with Crippen molar-refractivity contribution in [3.8, 4) is 6.07 Å². The number of nitrogens with zero attached hydrogens (tertiary/aromatic N) is 3. The summed E-state index contributed by atoms with van der Waals surface area (Å²) >= 11 is 0. The molecule has 2 rings (SSSR count). The summed E-state index contributed by atoms with van der Waals surface area (Å²) in [4.78, 5) is 6.58. The number of nitriles is 1. The zero-order valence-electron chi connectivity index (χ0n) is 9.85. The topological polar surface area (TPSA) is 39.9 Å². The van der Waals surface area contributed by atoms with Crippen molar-refractivity contribution >= 4 is 5.82 Å². The highest BCUT2D eigenvalue weighted by Gasteiger charge is 2.24. The Kier molecular flexibility index (Phi) is 3.09. The third-order valence-electron chi connectivity index (χ3n) is 3.54. The monoisotopic (exact) mass is 215 g/mol. The van der Waals surface area contributed by atoms with E-state index in [2.05, 4.69) is 29.8 Å². The van der Waals surface area contributed by atoms with Crippen LogP contribution in [0.25, 0.3) is 0 Å². The van der Waals surface area contributed by atoms with Gasteiger partial charge in [0.15, 0.2) is 0 Å². The van der Waals surface area contributed by atoms with E-state index in [0.717, 1.165) is 24.8 Å². The first-order valence-corrected chi connectivity index (χ1v) is 5.82. The highest BCUT2D eigenvalue weighted by Crippen LogP contribution is 2.27. The Hall–Kier alpha value is -1.56. The van der Waals surface area contributed by atoms with Crippen LogP contribution in [0.15, 0.2) is 18.3 Å². The number of anilines is 1. The van der Waals surface area contributed by atoms with Crippen molar-refractivity contribution in [2.24, 2.45) is 11.8 Å². The van der Waals surface area contributed by atoms with Crippen molar-refractivity contribution in [2.75, 3.05) is 18.0 Å². The van der Waals surface area contributed by atoms with Gasteiger partial charge in [0.1, 0.15) is 11.9 Å². The second-order valence-corrected chi connectivity index (χ2v) is 4.68. The summed E-state index contributed by atoms with van der Waals surface area (Å²) in [5, 5.41) is 9.05. The van der Waals surface area contributed by atoms with Crippen LogP contribution < -0.4 is 4.90 Å². The number of rotatable bonds is 1. The van der Waals surface area contributed by atoms with E-state index in [1.54, 1.807) is 6.20 Å². The van der Waals surface area contributed by atoms with Crippen LogP contribution in [0.3, 0.4) is 0 Å². The zero-order chi connectivity index (χ0) is 11.5. The quantitative estimate of drug-likeness (QED) is 0.722. The van der Waals surface area contributed by atoms with Crippen molar-refractivity contribution < 1.29 is 0 Å². The predicted molar refractivity (Wildman–Crippen MR) is 64.1 cm³/mol. The fraction of sp³-hybridized carbons (Fsp3) is 0.538. The fourth-order valence-electron chi connectivity index (χ4n) is 2.19. The molecule has 2 unspecified atom stereocenters. The Bertz CT molecular complexity index is 408. The third-order valence-corrected chi connectivity index (χ3v) is 3.54. The lowest BCUT2D eigenvalue weighted by atomic mass is 9.88. The highest BCUT2D eigenvalue weighted by molar-refractivity contribution is 5.53. The Morgan fingerprint density at radius 1 is 1.44 bits per heavy atom. The lowest BCUT2D eigenvalue weighted by Gasteiger charge is -2.36. The van der Waals surface area contributed by atoms with Gasteiger partial charge >= 0.3 is 0 Å². The SMILES string of the molecule is CC1CCN(c2ncccc2C#N)CC1C. The van der Waals surface area contributed by atoms with E-state index in [1.165, 1.54) is 6.42 Å². The van der Waals surface area contributed by atoms with Crippen molar-refractivity contribution in [3.05, 3.63) is 23.9 Å². The van der Waals surface area contributed by atoms with Gasteiger partial charge < -0.3 is 4.90 Å². The van der Waals surface area contributed by atoms with Gasteiger partial charge in [0.25, 0.3) is 0 Å². The largest absolute Gasteiger partial charge is 0.355 e. The van der Waals surface area contributed by atoms with Crippen LogP contribution in [0.2, 0.25) is 0 Å². The molecule has 0 aromatic carbocycles. The van der Waals surface area contributed by atoms with Crippen LogP contribution >= 0.6 is 0 Å². The van der Waals surface area contributed by atoms with Crippen molar-refractivity contribution in [2.45, 2.75) is 20.3 Å². The highest BCUT2D eigenvalue weighted by atomic mass is 15.2. The summed E-state index contributed by atoms with van der Waals surface area (Å²) in [5.41, 5.74) is 0.684. The van der Waals surface area contributed by atoms with E-state index >= 15 is 0 Å². The van der Waals surface area contributed by atoms with Crippen molar-refractivity contribution in [1.82, 2.24) is 4.98 Å². The number of aromatic nitrogens is 1. The molecule has 0 radical (unpaired) electrons. The lowest BCUT2D eigenvalue weighted by molar-refractivity contribution is 0.322. The lowest BCUT2D eigenvalue weighted by Crippen LogP contribution is -2.39. The van der Waals surface area contributed by atoms with Gasteiger partial charge in [-0.2, -0.15) is 5.26 Å². The molecule has 0 aliphatic carbocycles. The van der Waals surface area contributed by atoms with E-state index in [0.29, 0.717) is 11.5 Å². The van der Waals surface area contributed by atoms with E-state index in [4.69, 9.17) is 5.26 Å². The number of piperidine rings is 1. The number of pyridine rings is 1. The molecule has 0 N–H and O–H groups in total. The summed E-state index contributed by atoms with van der Waals surface area (Å²) in [6.45, 7) is 6.58. The average Bonchev–Trinajstić information content (AvgIpc) is 2.32. The molecule has 1 aliphatic heterocycles. The van der Waals surface area contributed by atoms with Gasteiger partial charge in [-0.1, -0.05) is 13.8 Å². The normalized spacial score (nSPS) is 25.2. The Morgan fingerprint density at radius 2 is 2.25 bits per heavy atom. The molecule has 16 heavy (non-hydrogen) atoms. The standard InChI is InChI=1S/C13H17N3/c1-10-5-7-16(9-11(10)2)13-12(8-14)4-3-6-15-13/h3-4,6,10-11H,5,7,9H2,1-2H3. The van der Waals surface area contributed by atoms with E-state index in [1.807, 2.05) is 12.1 Å². The molecule has 2 heterocycles. The fourth-order valence-corrected chi connectivity index (χ4v) is 2.19. The molecule has 3 heteroatoms. The van der Waals surface area contributed by atoms with Crippen LogP contribution in [0.5, 0.6) is 0 Å². The Labute approximate surface area is 96.7 Å². The molecule has 84 valence electrons. The first-order valence-electron chi connectivity index (χ1n) is 5.82. The summed E-state index contributed by atoms with van der Waals surface area (Å²) in [5.74, 6) is 2.29. The van der Waals surface area contributed by atoms with E-state index < -0.39 is 0 Å². The molecule has 1 fully saturated rings. The molecule has 0 saturated carbocycles. The van der Waals surface area contributed by atoms with Crippen LogP contribution in [-0.2, 0) is 0 Å². The Balaban J connectivity index is 2.22. The molecule has 0 amide bonds. The maximum atomic E-state index is 9.05. The minimum Gasteiger partial charge on any atom is -0.355 e. The molecule has 2 atom stereocenters. The van der Waals surface area contributed by atoms with Crippen LogP contribution in [-0.4, -0.2) is 18.1 Å². The van der Waals surface area contributed by atoms with Gasteiger partial charge in [0.2, 0.25) is 0 Å². The molecular formula is C13H17N3. The van der Waals surface area contributed by atoms with E-state index in [-0.39, 0.29) is 0 Å². The predicted octanol–water partition coefficient (Wildman–Crippen LogP) is 2.44. The van der Waals surface area contributed by atoms with Gasteiger partial charge in [0, 0.05) is 19.3 Å². The van der Waals surface area contributed by atoms with Gasteiger partial charge in [-0.25, -0.2) is 4.98 Å². The molecule has 1 saturated heterocycles. The number of hydrogen-bond donors (Lipinski definition) is 0. The van der Waals surface area contributed by atoms with E-state index in [9.17, 15) is 0 Å². The molecular weight excluding hydrogens is 198 g/mol. The van der Waals surface area contributed by atoms with Crippen molar-refractivity contribution in [3.63, 3.8) is 0 Å². The summed E-state index contributed by atoms with van der Waals surface area (Å²) in [7, 11) is 0. The van der Waals surface area contributed by atoms with Gasteiger partial charge in [-0.05, 0) is 30.4 Å². The molecule has 1 aromatic heterocycles. The minimum atomic E-state index is 0.669. The second kappa shape index (κ2) is 4.52. The summed E-state index contributed by atoms with van der Waals surface area (Å²) < 4.78 is 0. The summed E-state index contributed by atoms with van der Waals surface area (Å²) in [6, 6.07) is 5.87. The molecule has 3 nitrogen and oxygen atoms in total. The van der Waals surface area contributed by atoms with Crippen LogP contribution in [0, 0.1) is 23.2 Å². The van der Waals surface area contributed by atoms with Gasteiger partial charge in [-0.3, -0.25) is 0 Å². The van der Waals surface area contributed by atoms with Gasteiger partial charge in [-0.15, -0.1) is 0 Å². The first-order chi connectivity index (χ1) is 7.72. The zero-order valence-corrected chi connectivity index (χ0v) is 9.85. The maximum absolute atomic E-state index is 9.05. The average molecular weight is 215 g/mol. The number of hydrogen-bond acceptors (Lipinski definition) is 3. The minimum absolute atomic E-state index is 0.669. The van der Waals surface area contributed by atoms with Crippen LogP contribution in [0.4, 0.5) is 5.82 Å². The molecule has 1 aromatic rings. The first kappa shape index (κ1) is 10.9. The molecule has 0 spiro atoms. The Morgan fingerprint density at radius 3 is 2.94 bits per heavy atom. The van der Waals surface area contributed by atoms with Crippen molar-refractivity contribution in [1.29, 1.82) is 5.26 Å². The maximum Gasteiger partial charge on any atom is 0.146 e. The summed E-state index contributed by atoms with van der Waals surface area (Å²) in [6.07, 6.45) is 2.95. The molecule has 1 aliphatic rings. The second-order valence-electron chi connectivity index (χ2n) is 4.68.